The lowest BCUT2D eigenvalue weighted by Crippen LogP contribution is -2.41. The molecule has 7 nitrogen and oxygen atoms in total. The molecule has 0 radical (unpaired) electrons. The molecular weight excluding hydrogens is 368 g/mol. The van der Waals surface area contributed by atoms with Gasteiger partial charge in [-0.15, -0.1) is 0 Å². The smallest absolute Gasteiger partial charge is 0.287 e. The van der Waals surface area contributed by atoms with Crippen LogP contribution in [0.3, 0.4) is 0 Å². The van der Waals surface area contributed by atoms with Gasteiger partial charge in [0.2, 0.25) is 0 Å². The van der Waals surface area contributed by atoms with Gasteiger partial charge in [0.1, 0.15) is 5.75 Å². The van der Waals surface area contributed by atoms with Crippen LogP contribution in [0.4, 0.5) is 0 Å². The van der Waals surface area contributed by atoms with Gasteiger partial charge in [-0.25, -0.2) is 4.99 Å². The van der Waals surface area contributed by atoms with Gasteiger partial charge in [-0.1, -0.05) is 12.1 Å². The number of hydrogen-bond acceptors (Lipinski definition) is 4. The predicted molar refractivity (Wildman–Crippen MR) is 113 cm³/mol. The fraction of sp³-hybridized carbons (Fsp3) is 0.455. The van der Waals surface area contributed by atoms with Crippen molar-refractivity contribution in [1.82, 2.24) is 16.0 Å². The fourth-order valence-corrected chi connectivity index (χ4v) is 2.78. The van der Waals surface area contributed by atoms with E-state index in [1.165, 1.54) is 24.7 Å². The number of rotatable bonds is 10. The zero-order chi connectivity index (χ0) is 20.5. The minimum atomic E-state index is -0.226. The van der Waals surface area contributed by atoms with Crippen LogP contribution in [0.25, 0.3) is 0 Å². The molecule has 0 aliphatic heterocycles. The Kier molecular flexibility index (Phi) is 7.55. The number of nitrogens with one attached hydrogen (secondary N) is 3. The Labute approximate surface area is 171 Å². The summed E-state index contributed by atoms with van der Waals surface area (Å²) in [6.45, 7) is 7.17. The van der Waals surface area contributed by atoms with Crippen LogP contribution in [-0.2, 0) is 6.54 Å². The van der Waals surface area contributed by atoms with Crippen LogP contribution < -0.4 is 20.7 Å². The molecule has 1 amide bonds. The van der Waals surface area contributed by atoms with E-state index >= 15 is 0 Å². The Morgan fingerprint density at radius 1 is 1.21 bits per heavy atom. The quantitative estimate of drug-likeness (QED) is 0.325. The molecule has 1 aromatic heterocycles. The maximum Gasteiger partial charge on any atom is 0.287 e. The van der Waals surface area contributed by atoms with Gasteiger partial charge in [-0.3, -0.25) is 4.79 Å². The molecule has 1 fully saturated rings. The molecule has 156 valence electrons. The second kappa shape index (κ2) is 10.5. The first-order valence-electron chi connectivity index (χ1n) is 10.2. The van der Waals surface area contributed by atoms with E-state index in [1.807, 2.05) is 6.92 Å². The number of nitrogens with zero attached hydrogens (tertiary/aromatic N) is 1. The highest BCUT2D eigenvalue weighted by Gasteiger charge is 2.22. The van der Waals surface area contributed by atoms with Crippen molar-refractivity contribution in [3.05, 3.63) is 53.5 Å². The third-order valence-corrected chi connectivity index (χ3v) is 4.59. The van der Waals surface area contributed by atoms with Crippen LogP contribution in [-0.4, -0.2) is 38.1 Å². The lowest BCUT2D eigenvalue weighted by Gasteiger charge is -2.14. The third-order valence-electron chi connectivity index (χ3n) is 4.59. The summed E-state index contributed by atoms with van der Waals surface area (Å²) >= 11 is 0. The highest BCUT2D eigenvalue weighted by Crippen LogP contribution is 2.30. The number of ether oxygens (including phenoxy) is 1. The van der Waals surface area contributed by atoms with E-state index in [1.54, 1.807) is 12.1 Å². The van der Waals surface area contributed by atoms with Crippen molar-refractivity contribution >= 4 is 11.9 Å². The summed E-state index contributed by atoms with van der Waals surface area (Å²) in [5.41, 5.74) is 2.25. The maximum atomic E-state index is 11.9. The summed E-state index contributed by atoms with van der Waals surface area (Å²) < 4.78 is 11.1. The number of benzene rings is 1. The summed E-state index contributed by atoms with van der Waals surface area (Å²) in [5, 5.41) is 9.27. The van der Waals surface area contributed by atoms with Crippen molar-refractivity contribution in [2.45, 2.75) is 33.2 Å². The molecule has 3 N–H and O–H groups in total. The van der Waals surface area contributed by atoms with Crippen LogP contribution in [0.15, 0.2) is 46.0 Å². The van der Waals surface area contributed by atoms with Gasteiger partial charge < -0.3 is 25.1 Å². The minimum absolute atomic E-state index is 0.226. The summed E-state index contributed by atoms with van der Waals surface area (Å²) in [6, 6.07) is 9.57. The van der Waals surface area contributed by atoms with E-state index in [9.17, 15) is 4.79 Å². The van der Waals surface area contributed by atoms with Crippen LogP contribution in [0.1, 0.15) is 41.4 Å². The zero-order valence-corrected chi connectivity index (χ0v) is 17.2. The lowest BCUT2D eigenvalue weighted by molar-refractivity contribution is 0.0926. The Morgan fingerprint density at radius 2 is 2.03 bits per heavy atom. The normalized spacial score (nSPS) is 13.8. The Morgan fingerprint density at radius 3 is 2.76 bits per heavy atom. The van der Waals surface area contributed by atoms with Crippen LogP contribution in [0.2, 0.25) is 0 Å². The molecule has 0 atom stereocenters. The largest absolute Gasteiger partial charge is 0.493 e. The second-order valence-electron chi connectivity index (χ2n) is 7.22. The summed E-state index contributed by atoms with van der Waals surface area (Å²) in [4.78, 5) is 16.5. The van der Waals surface area contributed by atoms with E-state index in [-0.39, 0.29) is 5.91 Å². The Balaban J connectivity index is 1.51. The standard InChI is InChI=1S/C22H30N4O3/c1-3-23-22(25-11-10-24-21(27)19-5-4-12-28-19)26-14-18-9-6-16(2)13-20(18)29-15-17-7-8-17/h4-6,9,12-13,17H,3,7-8,10-11,14-15H2,1-2H3,(H,24,27)(H2,23,25,26). The van der Waals surface area contributed by atoms with Crippen molar-refractivity contribution in [3.8, 4) is 5.75 Å². The third kappa shape index (κ3) is 6.85. The molecule has 3 rings (SSSR count). The van der Waals surface area contributed by atoms with E-state index in [4.69, 9.17) is 9.15 Å². The number of aryl methyl sites for hydroxylation is 1. The molecule has 1 aromatic carbocycles. The van der Waals surface area contributed by atoms with Crippen molar-refractivity contribution in [2.24, 2.45) is 10.9 Å². The number of furan rings is 1. The molecule has 1 aliphatic rings. The first-order valence-corrected chi connectivity index (χ1v) is 10.2. The van der Waals surface area contributed by atoms with Gasteiger partial charge in [0.05, 0.1) is 19.4 Å². The fourth-order valence-electron chi connectivity index (χ4n) is 2.78. The molecular formula is C22H30N4O3. The molecule has 1 aliphatic carbocycles. The molecule has 0 unspecified atom stereocenters. The molecule has 0 bridgehead atoms. The highest BCUT2D eigenvalue weighted by molar-refractivity contribution is 5.91. The van der Waals surface area contributed by atoms with Gasteiger partial charge >= 0.3 is 0 Å². The molecule has 1 saturated carbocycles. The SMILES string of the molecule is CCNC(=NCc1ccc(C)cc1OCC1CC1)NCCNC(=O)c1ccco1. The van der Waals surface area contributed by atoms with Crippen molar-refractivity contribution in [1.29, 1.82) is 0 Å². The summed E-state index contributed by atoms with van der Waals surface area (Å²) in [6.07, 6.45) is 4.02. The Bertz CT molecular complexity index is 813. The predicted octanol–water partition coefficient (Wildman–Crippen LogP) is 2.86. The first-order chi connectivity index (χ1) is 14.2. The van der Waals surface area contributed by atoms with Gasteiger partial charge in [-0.05, 0) is 56.4 Å². The van der Waals surface area contributed by atoms with Crippen LogP contribution in [0, 0.1) is 12.8 Å². The molecule has 1 heterocycles. The van der Waals surface area contributed by atoms with Crippen molar-refractivity contribution in [2.75, 3.05) is 26.2 Å². The van der Waals surface area contributed by atoms with Gasteiger partial charge in [-0.2, -0.15) is 0 Å². The molecule has 7 heteroatoms. The van der Waals surface area contributed by atoms with E-state index in [2.05, 4.69) is 46.1 Å². The lowest BCUT2D eigenvalue weighted by atomic mass is 10.1. The van der Waals surface area contributed by atoms with E-state index in [0.29, 0.717) is 37.3 Å². The number of amides is 1. The number of carbonyl (C=O) groups excluding carboxylic acids is 1. The topological polar surface area (TPSA) is 87.9 Å². The van der Waals surface area contributed by atoms with Gasteiger partial charge in [0, 0.05) is 25.2 Å². The monoisotopic (exact) mass is 398 g/mol. The van der Waals surface area contributed by atoms with E-state index in [0.717, 1.165) is 24.5 Å². The van der Waals surface area contributed by atoms with Crippen LogP contribution >= 0.6 is 0 Å². The molecule has 29 heavy (non-hydrogen) atoms. The summed E-state index contributed by atoms with van der Waals surface area (Å²) in [7, 11) is 0. The van der Waals surface area contributed by atoms with Gasteiger partial charge in [0.15, 0.2) is 11.7 Å². The average molecular weight is 399 g/mol. The van der Waals surface area contributed by atoms with Crippen molar-refractivity contribution in [3.63, 3.8) is 0 Å². The van der Waals surface area contributed by atoms with Crippen LogP contribution in [0.5, 0.6) is 5.75 Å². The zero-order valence-electron chi connectivity index (χ0n) is 17.2. The number of guanidine groups is 1. The molecule has 0 spiro atoms. The second-order valence-corrected chi connectivity index (χ2v) is 7.22. The summed E-state index contributed by atoms with van der Waals surface area (Å²) in [5.74, 6) is 2.41. The first kappa shape index (κ1) is 20.8. The maximum absolute atomic E-state index is 11.9. The molecule has 0 saturated heterocycles. The van der Waals surface area contributed by atoms with Crippen molar-refractivity contribution < 1.29 is 13.9 Å². The molecule has 2 aromatic rings. The number of aliphatic imine (C=N–C) groups is 1. The number of hydrogen-bond donors (Lipinski definition) is 3. The average Bonchev–Trinajstić information content (AvgIpc) is 3.38. The highest BCUT2D eigenvalue weighted by atomic mass is 16.5. The van der Waals surface area contributed by atoms with Gasteiger partial charge in [0.25, 0.3) is 5.91 Å². The number of carbonyl (C=O) groups is 1. The van der Waals surface area contributed by atoms with E-state index < -0.39 is 0 Å². The minimum Gasteiger partial charge on any atom is -0.493 e. The Hall–Kier alpha value is -2.96.